The van der Waals surface area contributed by atoms with Crippen LogP contribution in [0.25, 0.3) is 0 Å². The predicted octanol–water partition coefficient (Wildman–Crippen LogP) is 2.68. The van der Waals surface area contributed by atoms with Crippen molar-refractivity contribution >= 4 is 11.8 Å². The first-order chi connectivity index (χ1) is 7.75. The van der Waals surface area contributed by atoms with E-state index in [9.17, 15) is 5.11 Å². The molecule has 0 fully saturated rings. The van der Waals surface area contributed by atoms with Gasteiger partial charge in [0.1, 0.15) is 10.1 Å². The highest BCUT2D eigenvalue weighted by Crippen LogP contribution is 2.24. The second kappa shape index (κ2) is 5.09. The van der Waals surface area contributed by atoms with Crippen LogP contribution >= 0.6 is 11.8 Å². The SMILES string of the molecule is C[C@@H](O)c1ccc(Sc2ccccn2)nc1. The lowest BCUT2D eigenvalue weighted by Crippen LogP contribution is -1.92. The van der Waals surface area contributed by atoms with Crippen LogP contribution in [-0.4, -0.2) is 15.1 Å². The summed E-state index contributed by atoms with van der Waals surface area (Å²) in [4.78, 5) is 8.46. The minimum Gasteiger partial charge on any atom is -0.389 e. The lowest BCUT2D eigenvalue weighted by molar-refractivity contribution is 0.198. The summed E-state index contributed by atoms with van der Waals surface area (Å²) in [6, 6.07) is 9.53. The van der Waals surface area contributed by atoms with Gasteiger partial charge in [-0.1, -0.05) is 23.9 Å². The third kappa shape index (κ3) is 2.81. The van der Waals surface area contributed by atoms with Crippen LogP contribution in [0.15, 0.2) is 52.8 Å². The molecule has 2 heterocycles. The largest absolute Gasteiger partial charge is 0.389 e. The van der Waals surface area contributed by atoms with Crippen molar-refractivity contribution in [3.8, 4) is 0 Å². The molecule has 4 heteroatoms. The maximum atomic E-state index is 9.35. The summed E-state index contributed by atoms with van der Waals surface area (Å²) in [6.07, 6.45) is 2.98. The highest BCUT2D eigenvalue weighted by molar-refractivity contribution is 7.99. The first kappa shape index (κ1) is 11.1. The third-order valence-electron chi connectivity index (χ3n) is 2.09. The Bertz CT molecular complexity index is 442. The van der Waals surface area contributed by atoms with E-state index in [-0.39, 0.29) is 0 Å². The molecule has 2 aromatic rings. The number of aliphatic hydroxyl groups is 1. The first-order valence-corrected chi connectivity index (χ1v) is 5.80. The molecule has 0 radical (unpaired) electrons. The molecule has 0 saturated carbocycles. The molecule has 0 aliphatic heterocycles. The fourth-order valence-electron chi connectivity index (χ4n) is 1.21. The van der Waals surface area contributed by atoms with E-state index in [1.165, 1.54) is 11.8 Å². The minimum atomic E-state index is -0.471. The lowest BCUT2D eigenvalue weighted by Gasteiger charge is -2.04. The molecule has 0 unspecified atom stereocenters. The van der Waals surface area contributed by atoms with Crippen molar-refractivity contribution in [1.29, 1.82) is 0 Å². The fraction of sp³-hybridized carbons (Fsp3) is 0.167. The van der Waals surface area contributed by atoms with Crippen LogP contribution < -0.4 is 0 Å². The number of hydrogen-bond donors (Lipinski definition) is 1. The summed E-state index contributed by atoms with van der Waals surface area (Å²) < 4.78 is 0. The number of rotatable bonds is 3. The summed E-state index contributed by atoms with van der Waals surface area (Å²) in [5.74, 6) is 0. The smallest absolute Gasteiger partial charge is 0.102 e. The molecule has 0 aliphatic rings. The molecule has 1 N–H and O–H groups in total. The molecule has 0 bridgehead atoms. The van der Waals surface area contributed by atoms with Crippen molar-refractivity contribution in [2.75, 3.05) is 0 Å². The third-order valence-corrected chi connectivity index (χ3v) is 2.99. The number of pyridine rings is 2. The van der Waals surface area contributed by atoms with E-state index >= 15 is 0 Å². The molecule has 0 saturated heterocycles. The van der Waals surface area contributed by atoms with Gasteiger partial charge in [-0.2, -0.15) is 0 Å². The predicted molar refractivity (Wildman–Crippen MR) is 63.2 cm³/mol. The van der Waals surface area contributed by atoms with E-state index in [1.54, 1.807) is 19.3 Å². The summed E-state index contributed by atoms with van der Waals surface area (Å²) in [6.45, 7) is 1.72. The standard InChI is InChI=1S/C12H12N2OS/c1-9(15)10-5-6-12(14-8-10)16-11-4-2-3-7-13-11/h2-9,15H,1H3/t9-/m1/s1. The van der Waals surface area contributed by atoms with Crippen LogP contribution in [0.3, 0.4) is 0 Å². The van der Waals surface area contributed by atoms with Gasteiger partial charge >= 0.3 is 0 Å². The molecule has 0 amide bonds. The van der Waals surface area contributed by atoms with E-state index in [0.717, 1.165) is 15.6 Å². The Morgan fingerprint density at radius 1 is 1.12 bits per heavy atom. The van der Waals surface area contributed by atoms with Crippen molar-refractivity contribution in [2.45, 2.75) is 23.1 Å². The van der Waals surface area contributed by atoms with E-state index in [0.29, 0.717) is 0 Å². The zero-order valence-electron chi connectivity index (χ0n) is 8.87. The van der Waals surface area contributed by atoms with Crippen molar-refractivity contribution in [2.24, 2.45) is 0 Å². The molecule has 2 rings (SSSR count). The van der Waals surface area contributed by atoms with Gasteiger partial charge in [-0.15, -0.1) is 0 Å². The topological polar surface area (TPSA) is 46.0 Å². The summed E-state index contributed by atoms with van der Waals surface area (Å²) >= 11 is 1.50. The Kier molecular flexibility index (Phi) is 3.54. The van der Waals surface area contributed by atoms with Gasteiger partial charge in [-0.3, -0.25) is 0 Å². The second-order valence-electron chi connectivity index (χ2n) is 3.38. The summed E-state index contributed by atoms with van der Waals surface area (Å²) in [5.41, 5.74) is 0.824. The van der Waals surface area contributed by atoms with Gasteiger partial charge in [0.2, 0.25) is 0 Å². The van der Waals surface area contributed by atoms with E-state index in [1.807, 2.05) is 30.3 Å². The first-order valence-electron chi connectivity index (χ1n) is 4.98. The van der Waals surface area contributed by atoms with Gasteiger partial charge in [0, 0.05) is 12.4 Å². The van der Waals surface area contributed by atoms with Crippen LogP contribution in [0.2, 0.25) is 0 Å². The minimum absolute atomic E-state index is 0.471. The number of aliphatic hydroxyl groups excluding tert-OH is 1. The Balaban J connectivity index is 2.11. The average Bonchev–Trinajstić information content (AvgIpc) is 2.31. The quantitative estimate of drug-likeness (QED) is 0.883. The summed E-state index contributed by atoms with van der Waals surface area (Å²) in [7, 11) is 0. The molecule has 16 heavy (non-hydrogen) atoms. The number of nitrogens with zero attached hydrogens (tertiary/aromatic N) is 2. The van der Waals surface area contributed by atoms with Crippen molar-refractivity contribution in [1.82, 2.24) is 9.97 Å². The highest BCUT2D eigenvalue weighted by Gasteiger charge is 2.02. The van der Waals surface area contributed by atoms with Crippen LogP contribution in [0, 0.1) is 0 Å². The molecule has 82 valence electrons. The van der Waals surface area contributed by atoms with Crippen LogP contribution in [0.1, 0.15) is 18.6 Å². The van der Waals surface area contributed by atoms with E-state index in [4.69, 9.17) is 0 Å². The van der Waals surface area contributed by atoms with E-state index in [2.05, 4.69) is 9.97 Å². The van der Waals surface area contributed by atoms with Crippen molar-refractivity contribution < 1.29 is 5.11 Å². The van der Waals surface area contributed by atoms with Crippen LogP contribution in [-0.2, 0) is 0 Å². The van der Waals surface area contributed by atoms with Gasteiger partial charge in [-0.05, 0) is 30.7 Å². The monoisotopic (exact) mass is 232 g/mol. The van der Waals surface area contributed by atoms with Gasteiger partial charge in [0.15, 0.2) is 0 Å². The molecular formula is C12H12N2OS. The van der Waals surface area contributed by atoms with Gasteiger partial charge in [-0.25, -0.2) is 9.97 Å². The Morgan fingerprint density at radius 2 is 1.94 bits per heavy atom. The Morgan fingerprint density at radius 3 is 2.50 bits per heavy atom. The van der Waals surface area contributed by atoms with E-state index < -0.39 is 6.10 Å². The van der Waals surface area contributed by atoms with Gasteiger partial charge < -0.3 is 5.11 Å². The number of aromatic nitrogens is 2. The second-order valence-corrected chi connectivity index (χ2v) is 4.42. The zero-order valence-corrected chi connectivity index (χ0v) is 9.69. The zero-order chi connectivity index (χ0) is 11.4. The van der Waals surface area contributed by atoms with Crippen LogP contribution in [0.5, 0.6) is 0 Å². The molecule has 0 aromatic carbocycles. The molecule has 1 atom stereocenters. The average molecular weight is 232 g/mol. The molecule has 3 nitrogen and oxygen atoms in total. The lowest BCUT2D eigenvalue weighted by atomic mass is 10.2. The molecular weight excluding hydrogens is 220 g/mol. The van der Waals surface area contributed by atoms with Crippen molar-refractivity contribution in [3.63, 3.8) is 0 Å². The number of hydrogen-bond acceptors (Lipinski definition) is 4. The summed E-state index contributed by atoms with van der Waals surface area (Å²) in [5, 5.41) is 11.1. The highest BCUT2D eigenvalue weighted by atomic mass is 32.2. The fourth-order valence-corrected chi connectivity index (χ4v) is 1.93. The molecule has 2 aromatic heterocycles. The maximum Gasteiger partial charge on any atom is 0.102 e. The van der Waals surface area contributed by atoms with Crippen molar-refractivity contribution in [3.05, 3.63) is 48.3 Å². The molecule has 0 spiro atoms. The molecule has 0 aliphatic carbocycles. The normalized spacial score (nSPS) is 12.4. The Hall–Kier alpha value is -1.39. The van der Waals surface area contributed by atoms with Gasteiger partial charge in [0.05, 0.1) is 6.10 Å². The maximum absolute atomic E-state index is 9.35. The van der Waals surface area contributed by atoms with Crippen LogP contribution in [0.4, 0.5) is 0 Å². The Labute approximate surface area is 98.6 Å². The van der Waals surface area contributed by atoms with Gasteiger partial charge in [0.25, 0.3) is 0 Å².